The first-order chi connectivity index (χ1) is 7.86. The molecule has 1 aromatic carbocycles. The smallest absolute Gasteiger partial charge is 0.317 e. The van der Waals surface area contributed by atoms with Crippen LogP contribution in [0.1, 0.15) is 18.4 Å². The van der Waals surface area contributed by atoms with Crippen LogP contribution >= 0.6 is 0 Å². The zero-order valence-electron chi connectivity index (χ0n) is 9.36. The Hall–Kier alpha value is -1.51. The monoisotopic (exact) mass is 217 g/mol. The highest BCUT2D eigenvalue weighted by atomic mass is 16.2. The van der Waals surface area contributed by atoms with Crippen molar-refractivity contribution in [1.82, 2.24) is 10.2 Å². The lowest BCUT2D eigenvalue weighted by atomic mass is 10.1. The number of amides is 2. The van der Waals surface area contributed by atoms with Crippen molar-refractivity contribution >= 4 is 6.03 Å². The highest BCUT2D eigenvalue weighted by Gasteiger charge is 2.15. The molecule has 1 aliphatic heterocycles. The van der Waals surface area contributed by atoms with Crippen molar-refractivity contribution in [3.05, 3.63) is 42.3 Å². The Labute approximate surface area is 96.5 Å². The van der Waals surface area contributed by atoms with E-state index >= 15 is 0 Å². The number of hydrogen-bond donors (Lipinski definition) is 1. The summed E-state index contributed by atoms with van der Waals surface area (Å²) in [7, 11) is 0. The molecule has 0 saturated carbocycles. The number of urea groups is 1. The average molecular weight is 217 g/mol. The molecule has 1 fully saturated rings. The van der Waals surface area contributed by atoms with Crippen molar-refractivity contribution in [2.24, 2.45) is 0 Å². The fraction of sp³-hybridized carbons (Fsp3) is 0.385. The number of nitrogens with one attached hydrogen (secondary N) is 1. The van der Waals surface area contributed by atoms with Gasteiger partial charge < -0.3 is 10.2 Å². The molecular weight excluding hydrogens is 200 g/mol. The zero-order valence-corrected chi connectivity index (χ0v) is 9.36. The van der Waals surface area contributed by atoms with Crippen LogP contribution in [0.4, 0.5) is 4.79 Å². The molecule has 3 heteroatoms. The van der Waals surface area contributed by atoms with Gasteiger partial charge in [-0.3, -0.25) is 0 Å². The van der Waals surface area contributed by atoms with E-state index in [1.54, 1.807) is 0 Å². The normalized spacial score (nSPS) is 15.9. The number of carbonyl (C=O) groups excluding carboxylic acids is 1. The fourth-order valence-corrected chi connectivity index (χ4v) is 1.84. The van der Waals surface area contributed by atoms with E-state index in [-0.39, 0.29) is 6.03 Å². The zero-order chi connectivity index (χ0) is 11.2. The standard InChI is InChI=1S/C13H17N2O/c16-13(15-9-5-2-6-10-15)14-11-12-7-3-1-4-8-12/h1-4,7-8H,5-6,9-11H2,(H,14,16). The molecule has 1 saturated heterocycles. The second kappa shape index (κ2) is 5.54. The maximum Gasteiger partial charge on any atom is 0.317 e. The Kier molecular flexibility index (Phi) is 3.81. The van der Waals surface area contributed by atoms with Gasteiger partial charge in [0.2, 0.25) is 0 Å². The van der Waals surface area contributed by atoms with Crippen LogP contribution in [0.25, 0.3) is 0 Å². The minimum absolute atomic E-state index is 0.0527. The molecule has 0 atom stereocenters. The molecule has 1 heterocycles. The first-order valence-electron chi connectivity index (χ1n) is 5.74. The summed E-state index contributed by atoms with van der Waals surface area (Å²) in [5.74, 6) is 0. The number of piperidine rings is 1. The highest BCUT2D eigenvalue weighted by molar-refractivity contribution is 5.74. The van der Waals surface area contributed by atoms with Crippen molar-refractivity contribution in [3.8, 4) is 0 Å². The van der Waals surface area contributed by atoms with Crippen LogP contribution < -0.4 is 5.32 Å². The van der Waals surface area contributed by atoms with Crippen LogP contribution in [0.3, 0.4) is 0 Å². The van der Waals surface area contributed by atoms with Crippen molar-refractivity contribution in [3.63, 3.8) is 0 Å². The maximum absolute atomic E-state index is 11.8. The van der Waals surface area contributed by atoms with Crippen LogP contribution in [-0.4, -0.2) is 24.0 Å². The first kappa shape index (κ1) is 11.0. The Morgan fingerprint density at radius 1 is 1.19 bits per heavy atom. The van der Waals surface area contributed by atoms with Crippen LogP contribution in [-0.2, 0) is 6.54 Å². The molecule has 1 N–H and O–H groups in total. The summed E-state index contributed by atoms with van der Waals surface area (Å²) >= 11 is 0. The van der Waals surface area contributed by atoms with E-state index in [0.29, 0.717) is 6.54 Å². The van der Waals surface area contributed by atoms with Gasteiger partial charge >= 0.3 is 6.03 Å². The van der Waals surface area contributed by atoms with Gasteiger partial charge in [-0.1, -0.05) is 30.3 Å². The molecule has 1 aromatic rings. The van der Waals surface area contributed by atoms with E-state index in [2.05, 4.69) is 11.7 Å². The number of benzene rings is 1. The van der Waals surface area contributed by atoms with Crippen LogP contribution in [0.5, 0.6) is 0 Å². The Morgan fingerprint density at radius 2 is 1.88 bits per heavy atom. The van der Waals surface area contributed by atoms with Gasteiger partial charge in [-0.05, 0) is 24.8 Å². The van der Waals surface area contributed by atoms with Crippen LogP contribution in [0, 0.1) is 6.42 Å². The largest absolute Gasteiger partial charge is 0.334 e. The number of hydrogen-bond acceptors (Lipinski definition) is 1. The van der Waals surface area contributed by atoms with Crippen molar-refractivity contribution in [2.75, 3.05) is 13.1 Å². The van der Waals surface area contributed by atoms with E-state index < -0.39 is 0 Å². The van der Waals surface area contributed by atoms with E-state index in [1.807, 2.05) is 35.2 Å². The summed E-state index contributed by atoms with van der Waals surface area (Å²) in [6.07, 6.45) is 4.26. The highest BCUT2D eigenvalue weighted by Crippen LogP contribution is 2.07. The molecule has 0 spiro atoms. The predicted octanol–water partition coefficient (Wildman–Crippen LogP) is 2.20. The fourth-order valence-electron chi connectivity index (χ4n) is 1.84. The lowest BCUT2D eigenvalue weighted by Gasteiger charge is -2.26. The summed E-state index contributed by atoms with van der Waals surface area (Å²) in [6.45, 7) is 2.31. The number of rotatable bonds is 2. The third-order valence-electron chi connectivity index (χ3n) is 2.78. The van der Waals surface area contributed by atoms with Gasteiger partial charge in [-0.2, -0.15) is 0 Å². The Balaban J connectivity index is 1.79. The minimum atomic E-state index is 0.0527. The lowest BCUT2D eigenvalue weighted by Crippen LogP contribution is -2.42. The van der Waals surface area contributed by atoms with E-state index in [0.717, 1.165) is 31.5 Å². The van der Waals surface area contributed by atoms with Gasteiger partial charge in [0.1, 0.15) is 0 Å². The molecule has 0 bridgehead atoms. The molecule has 16 heavy (non-hydrogen) atoms. The van der Waals surface area contributed by atoms with Crippen LogP contribution in [0.2, 0.25) is 0 Å². The molecule has 0 unspecified atom stereocenters. The van der Waals surface area contributed by atoms with Gasteiger partial charge in [0, 0.05) is 19.6 Å². The molecule has 0 aromatic heterocycles. The third kappa shape index (κ3) is 2.99. The van der Waals surface area contributed by atoms with E-state index in [1.165, 1.54) is 0 Å². The molecule has 1 radical (unpaired) electrons. The minimum Gasteiger partial charge on any atom is -0.334 e. The third-order valence-corrected chi connectivity index (χ3v) is 2.78. The van der Waals surface area contributed by atoms with Gasteiger partial charge in [-0.25, -0.2) is 4.79 Å². The topological polar surface area (TPSA) is 32.3 Å². The van der Waals surface area contributed by atoms with E-state index in [4.69, 9.17) is 0 Å². The second-order valence-corrected chi connectivity index (χ2v) is 4.00. The van der Waals surface area contributed by atoms with Crippen molar-refractivity contribution in [1.29, 1.82) is 0 Å². The lowest BCUT2D eigenvalue weighted by molar-refractivity contribution is 0.192. The molecule has 2 amide bonds. The van der Waals surface area contributed by atoms with Crippen molar-refractivity contribution < 1.29 is 4.79 Å². The van der Waals surface area contributed by atoms with Gasteiger partial charge in [0.15, 0.2) is 0 Å². The summed E-state index contributed by atoms with van der Waals surface area (Å²) < 4.78 is 0. The van der Waals surface area contributed by atoms with Crippen LogP contribution in [0.15, 0.2) is 30.3 Å². The summed E-state index contributed by atoms with van der Waals surface area (Å²) in [4.78, 5) is 13.7. The Bertz CT molecular complexity index is 331. The molecule has 2 rings (SSSR count). The predicted molar refractivity (Wildman–Crippen MR) is 63.8 cm³/mol. The number of nitrogens with zero attached hydrogens (tertiary/aromatic N) is 1. The first-order valence-corrected chi connectivity index (χ1v) is 5.74. The van der Waals surface area contributed by atoms with E-state index in [9.17, 15) is 4.79 Å². The number of likely N-dealkylation sites (tertiary alicyclic amines) is 1. The quantitative estimate of drug-likeness (QED) is 0.809. The summed E-state index contributed by atoms with van der Waals surface area (Å²) in [5, 5.41) is 2.94. The molecule has 0 aliphatic carbocycles. The summed E-state index contributed by atoms with van der Waals surface area (Å²) in [6, 6.07) is 10.0. The Morgan fingerprint density at radius 3 is 2.56 bits per heavy atom. The molecular formula is C13H17N2O. The molecule has 1 aliphatic rings. The average Bonchev–Trinajstić information content (AvgIpc) is 2.38. The molecule has 85 valence electrons. The number of carbonyl (C=O) groups is 1. The van der Waals surface area contributed by atoms with Gasteiger partial charge in [0.05, 0.1) is 0 Å². The van der Waals surface area contributed by atoms with Gasteiger partial charge in [-0.15, -0.1) is 0 Å². The maximum atomic E-state index is 11.8. The summed E-state index contributed by atoms with van der Waals surface area (Å²) in [5.41, 5.74) is 1.14. The molecule has 3 nitrogen and oxygen atoms in total. The SMILES string of the molecule is O=C(NCc1ccccc1)N1CC[CH]CC1. The van der Waals surface area contributed by atoms with Gasteiger partial charge in [0.25, 0.3) is 0 Å². The second-order valence-electron chi connectivity index (χ2n) is 4.00. The van der Waals surface area contributed by atoms with Crippen molar-refractivity contribution in [2.45, 2.75) is 19.4 Å².